The van der Waals surface area contributed by atoms with Crippen molar-refractivity contribution in [1.29, 1.82) is 0 Å². The van der Waals surface area contributed by atoms with Crippen LogP contribution in [0, 0.1) is 5.82 Å². The zero-order valence-electron chi connectivity index (χ0n) is 11.1. The third-order valence-corrected chi connectivity index (χ3v) is 3.20. The number of hydrogen-bond donors (Lipinski definition) is 1. The van der Waals surface area contributed by atoms with Crippen LogP contribution in [0.2, 0.25) is 0 Å². The Labute approximate surface area is 124 Å². The molecule has 0 bridgehead atoms. The minimum absolute atomic E-state index is 0.0821. The van der Waals surface area contributed by atoms with Crippen LogP contribution in [-0.2, 0) is 4.74 Å². The minimum atomic E-state index is -0.464. The molecule has 1 aromatic heterocycles. The monoisotopic (exact) mass is 343 g/mol. The average molecular weight is 344 g/mol. The normalized spacial score (nSPS) is 12.9. The van der Waals surface area contributed by atoms with Gasteiger partial charge in [-0.25, -0.2) is 4.39 Å². The van der Waals surface area contributed by atoms with Gasteiger partial charge in [0.25, 0.3) is 5.89 Å². The van der Waals surface area contributed by atoms with Gasteiger partial charge in [-0.3, -0.25) is 0 Å². The van der Waals surface area contributed by atoms with E-state index in [-0.39, 0.29) is 17.8 Å². The number of benzene rings is 1. The second kappa shape index (κ2) is 6.43. The predicted molar refractivity (Wildman–Crippen MR) is 75.4 cm³/mol. The van der Waals surface area contributed by atoms with E-state index in [1.54, 1.807) is 6.07 Å². The number of halogens is 2. The SMILES string of the molecule is CC(C)OCC(N)c1noc(-c2ccc(F)cc2Br)n1. The number of aromatic nitrogens is 2. The molecule has 2 N–H and O–H groups in total. The maximum atomic E-state index is 13.0. The molecule has 1 unspecified atom stereocenters. The van der Waals surface area contributed by atoms with Crippen LogP contribution in [0.3, 0.4) is 0 Å². The largest absolute Gasteiger partial charge is 0.377 e. The number of hydrogen-bond acceptors (Lipinski definition) is 5. The van der Waals surface area contributed by atoms with E-state index in [4.69, 9.17) is 15.0 Å². The number of ether oxygens (including phenoxy) is 1. The second-order valence-electron chi connectivity index (χ2n) is 4.57. The first-order valence-corrected chi connectivity index (χ1v) is 6.93. The van der Waals surface area contributed by atoms with Crippen LogP contribution in [0.15, 0.2) is 27.2 Å². The molecule has 108 valence electrons. The molecule has 0 aliphatic heterocycles. The Bertz CT molecular complexity index is 589. The van der Waals surface area contributed by atoms with E-state index in [9.17, 15) is 4.39 Å². The topological polar surface area (TPSA) is 74.2 Å². The molecule has 1 aromatic carbocycles. The van der Waals surface area contributed by atoms with Crippen molar-refractivity contribution in [1.82, 2.24) is 10.1 Å². The van der Waals surface area contributed by atoms with Crippen LogP contribution < -0.4 is 5.73 Å². The third kappa shape index (κ3) is 3.62. The van der Waals surface area contributed by atoms with Crippen molar-refractivity contribution >= 4 is 15.9 Å². The summed E-state index contributed by atoms with van der Waals surface area (Å²) in [6, 6.07) is 3.76. The summed E-state index contributed by atoms with van der Waals surface area (Å²) in [5.41, 5.74) is 6.53. The standard InChI is InChI=1S/C13H15BrFN3O2/c1-7(2)19-6-11(16)12-17-13(20-18-12)9-4-3-8(15)5-10(9)14/h3-5,7,11H,6,16H2,1-2H3. The summed E-state index contributed by atoms with van der Waals surface area (Å²) in [4.78, 5) is 4.21. The highest BCUT2D eigenvalue weighted by atomic mass is 79.9. The summed E-state index contributed by atoms with van der Waals surface area (Å²) >= 11 is 3.26. The Kier molecular flexibility index (Phi) is 4.85. The fourth-order valence-corrected chi connectivity index (χ4v) is 2.05. The van der Waals surface area contributed by atoms with E-state index < -0.39 is 6.04 Å². The van der Waals surface area contributed by atoms with Crippen molar-refractivity contribution < 1.29 is 13.7 Å². The van der Waals surface area contributed by atoms with Gasteiger partial charge in [-0.05, 0) is 48.0 Å². The number of nitrogens with zero attached hydrogens (tertiary/aromatic N) is 2. The minimum Gasteiger partial charge on any atom is -0.377 e. The third-order valence-electron chi connectivity index (χ3n) is 2.54. The summed E-state index contributed by atoms with van der Waals surface area (Å²) in [6.45, 7) is 4.15. The fourth-order valence-electron chi connectivity index (χ4n) is 1.53. The van der Waals surface area contributed by atoms with Crippen LogP contribution in [0.4, 0.5) is 4.39 Å². The molecule has 2 rings (SSSR count). The van der Waals surface area contributed by atoms with Gasteiger partial charge in [0.05, 0.1) is 24.3 Å². The van der Waals surface area contributed by atoms with Crippen molar-refractivity contribution in [3.63, 3.8) is 0 Å². The smallest absolute Gasteiger partial charge is 0.259 e. The maximum Gasteiger partial charge on any atom is 0.259 e. The van der Waals surface area contributed by atoms with Crippen LogP contribution in [0.25, 0.3) is 11.5 Å². The van der Waals surface area contributed by atoms with Gasteiger partial charge in [0, 0.05) is 4.47 Å². The van der Waals surface area contributed by atoms with Crippen molar-refractivity contribution in [3.05, 3.63) is 34.3 Å². The quantitative estimate of drug-likeness (QED) is 0.902. The van der Waals surface area contributed by atoms with E-state index in [1.807, 2.05) is 13.8 Å². The first kappa shape index (κ1) is 15.1. The Balaban J connectivity index is 2.16. The lowest BCUT2D eigenvalue weighted by atomic mass is 10.2. The molecule has 7 heteroatoms. The highest BCUT2D eigenvalue weighted by Crippen LogP contribution is 2.28. The van der Waals surface area contributed by atoms with Gasteiger partial charge in [-0.15, -0.1) is 0 Å². The zero-order valence-corrected chi connectivity index (χ0v) is 12.7. The molecule has 2 aromatic rings. The molecule has 1 heterocycles. The average Bonchev–Trinajstić information content (AvgIpc) is 2.85. The van der Waals surface area contributed by atoms with Gasteiger partial charge in [0.1, 0.15) is 5.82 Å². The fraction of sp³-hybridized carbons (Fsp3) is 0.385. The highest BCUT2D eigenvalue weighted by Gasteiger charge is 2.17. The summed E-state index contributed by atoms with van der Waals surface area (Å²) < 4.78 is 24.1. The molecule has 0 amide bonds. The van der Waals surface area contributed by atoms with E-state index in [1.165, 1.54) is 12.1 Å². The summed E-state index contributed by atoms with van der Waals surface area (Å²) in [5, 5.41) is 3.83. The van der Waals surface area contributed by atoms with Crippen molar-refractivity contribution in [3.8, 4) is 11.5 Å². The molecular weight excluding hydrogens is 329 g/mol. The lowest BCUT2D eigenvalue weighted by Gasteiger charge is -2.10. The van der Waals surface area contributed by atoms with Crippen LogP contribution >= 0.6 is 15.9 Å². The molecule has 1 atom stereocenters. The Morgan fingerprint density at radius 3 is 2.85 bits per heavy atom. The Morgan fingerprint density at radius 2 is 2.20 bits per heavy atom. The first-order chi connectivity index (χ1) is 9.47. The summed E-state index contributed by atoms with van der Waals surface area (Å²) in [7, 11) is 0. The van der Waals surface area contributed by atoms with Crippen molar-refractivity contribution in [2.45, 2.75) is 26.0 Å². The van der Waals surface area contributed by atoms with Gasteiger partial charge in [-0.1, -0.05) is 5.16 Å². The van der Waals surface area contributed by atoms with Gasteiger partial charge in [0.2, 0.25) is 0 Å². The molecule has 0 spiro atoms. The maximum absolute atomic E-state index is 13.0. The van der Waals surface area contributed by atoms with Crippen LogP contribution in [0.5, 0.6) is 0 Å². The predicted octanol–water partition coefficient (Wildman–Crippen LogP) is 3.06. The molecule has 0 aliphatic carbocycles. The zero-order chi connectivity index (χ0) is 14.7. The molecule has 5 nitrogen and oxygen atoms in total. The number of nitrogens with two attached hydrogens (primary N) is 1. The molecular formula is C13H15BrFN3O2. The first-order valence-electron chi connectivity index (χ1n) is 6.13. The molecule has 20 heavy (non-hydrogen) atoms. The number of rotatable bonds is 5. The molecule has 0 fully saturated rings. The second-order valence-corrected chi connectivity index (χ2v) is 5.42. The molecule has 0 radical (unpaired) electrons. The summed E-state index contributed by atoms with van der Waals surface area (Å²) in [5.74, 6) is 0.297. The molecule has 0 saturated heterocycles. The van der Waals surface area contributed by atoms with Gasteiger partial charge in [0.15, 0.2) is 5.82 Å². The van der Waals surface area contributed by atoms with Gasteiger partial charge in [-0.2, -0.15) is 4.98 Å². The Morgan fingerprint density at radius 1 is 1.45 bits per heavy atom. The summed E-state index contributed by atoms with van der Waals surface area (Å²) in [6.07, 6.45) is 0.0821. The van der Waals surface area contributed by atoms with E-state index >= 15 is 0 Å². The van der Waals surface area contributed by atoms with E-state index in [2.05, 4.69) is 26.1 Å². The lowest BCUT2D eigenvalue weighted by Crippen LogP contribution is -2.20. The van der Waals surface area contributed by atoms with Gasteiger partial charge >= 0.3 is 0 Å². The van der Waals surface area contributed by atoms with E-state index in [0.29, 0.717) is 22.5 Å². The van der Waals surface area contributed by atoms with Crippen molar-refractivity contribution in [2.75, 3.05) is 6.61 Å². The van der Waals surface area contributed by atoms with Crippen LogP contribution in [-0.4, -0.2) is 22.9 Å². The van der Waals surface area contributed by atoms with Crippen molar-refractivity contribution in [2.24, 2.45) is 5.73 Å². The molecule has 0 saturated carbocycles. The molecule has 0 aliphatic rings. The highest BCUT2D eigenvalue weighted by molar-refractivity contribution is 9.10. The Hall–Kier alpha value is -1.31. The van der Waals surface area contributed by atoms with Crippen LogP contribution in [0.1, 0.15) is 25.7 Å². The lowest BCUT2D eigenvalue weighted by molar-refractivity contribution is 0.0665. The van der Waals surface area contributed by atoms with E-state index in [0.717, 1.165) is 0 Å². The van der Waals surface area contributed by atoms with Gasteiger partial charge < -0.3 is 15.0 Å².